The van der Waals surface area contributed by atoms with Crippen LogP contribution >= 0.6 is 0 Å². The second-order valence-corrected chi connectivity index (χ2v) is 17.1. The summed E-state index contributed by atoms with van der Waals surface area (Å²) in [6.07, 6.45) is 9.04. The summed E-state index contributed by atoms with van der Waals surface area (Å²) in [4.78, 5) is 9.52. The standard InChI is InChI=1S/C24H20NO.C24H24N.Ir/c1-23-9-10-24(2,14-23)19-11-15(7-8-18(19)23)20-12-22-17(13-25-20)16-5-3-4-6-21(16)26-22;1-23(2)16-24(3,4)21-15-25-22(14-20(21)23)19-12-8-11-18(13-19)17-9-6-5-7-10-17;/h3-6,8,11-13H,9-10,14H2,1-2H3;5-11,13-15H,16H2,1-4H3;/q2*-1;. The predicted molar refractivity (Wildman–Crippen MR) is 209 cm³/mol. The van der Waals surface area contributed by atoms with E-state index in [1.807, 2.05) is 36.5 Å². The summed E-state index contributed by atoms with van der Waals surface area (Å²) in [7, 11) is 0. The first-order valence-electron chi connectivity index (χ1n) is 18.4. The van der Waals surface area contributed by atoms with Gasteiger partial charge >= 0.3 is 0 Å². The van der Waals surface area contributed by atoms with Crippen LogP contribution in [-0.4, -0.2) is 9.97 Å². The molecule has 3 aliphatic rings. The Labute approximate surface area is 321 Å². The van der Waals surface area contributed by atoms with Crippen molar-refractivity contribution in [1.29, 1.82) is 0 Å². The van der Waals surface area contributed by atoms with E-state index in [2.05, 4.69) is 127 Å². The monoisotopic (exact) mass is 857 g/mol. The van der Waals surface area contributed by atoms with Gasteiger partial charge in [-0.25, -0.2) is 0 Å². The van der Waals surface area contributed by atoms with Gasteiger partial charge in [-0.2, -0.15) is 0 Å². The van der Waals surface area contributed by atoms with E-state index in [1.165, 1.54) is 52.6 Å². The molecule has 3 aliphatic carbocycles. The molecule has 52 heavy (non-hydrogen) atoms. The van der Waals surface area contributed by atoms with Gasteiger partial charge in [-0.05, 0) is 81.1 Å². The molecule has 3 nitrogen and oxygen atoms in total. The Balaban J connectivity index is 0.000000146. The normalized spacial score (nSPS) is 21.7. The van der Waals surface area contributed by atoms with Crippen molar-refractivity contribution >= 4 is 21.9 Å². The van der Waals surface area contributed by atoms with Gasteiger partial charge < -0.3 is 14.4 Å². The molecular formula is C48H44IrN2O-2. The third-order valence-electron chi connectivity index (χ3n) is 12.2. The molecule has 1 fully saturated rings. The summed E-state index contributed by atoms with van der Waals surface area (Å²) >= 11 is 0. The van der Waals surface area contributed by atoms with Crippen LogP contribution in [0.5, 0.6) is 0 Å². The summed E-state index contributed by atoms with van der Waals surface area (Å²) in [5.41, 5.74) is 15.2. The van der Waals surface area contributed by atoms with Crippen molar-refractivity contribution in [3.8, 4) is 33.6 Å². The van der Waals surface area contributed by atoms with Crippen molar-refractivity contribution in [3.63, 3.8) is 0 Å². The Morgan fingerprint density at radius 2 is 1.23 bits per heavy atom. The predicted octanol–water partition coefficient (Wildman–Crippen LogP) is 12.3. The zero-order valence-corrected chi connectivity index (χ0v) is 33.3. The average Bonchev–Trinajstić information content (AvgIpc) is 3.80. The van der Waals surface area contributed by atoms with Gasteiger partial charge in [0.25, 0.3) is 0 Å². The van der Waals surface area contributed by atoms with Crippen LogP contribution in [0.2, 0.25) is 0 Å². The van der Waals surface area contributed by atoms with Gasteiger partial charge in [0.05, 0.1) is 0 Å². The fourth-order valence-corrected chi connectivity index (χ4v) is 9.88. The Morgan fingerprint density at radius 3 is 2.04 bits per heavy atom. The summed E-state index contributed by atoms with van der Waals surface area (Å²) in [5.74, 6) is 0. The van der Waals surface area contributed by atoms with Crippen molar-refractivity contribution in [2.75, 3.05) is 0 Å². The van der Waals surface area contributed by atoms with E-state index in [0.29, 0.717) is 10.8 Å². The van der Waals surface area contributed by atoms with Crippen LogP contribution in [0.4, 0.5) is 0 Å². The molecule has 0 saturated heterocycles. The van der Waals surface area contributed by atoms with Gasteiger partial charge in [0.2, 0.25) is 0 Å². The number of aromatic nitrogens is 2. The maximum Gasteiger partial charge on any atom is 0.135 e. The maximum absolute atomic E-state index is 6.04. The van der Waals surface area contributed by atoms with Gasteiger partial charge in [0.15, 0.2) is 0 Å². The second kappa shape index (κ2) is 12.4. The van der Waals surface area contributed by atoms with Crippen molar-refractivity contribution < 1.29 is 24.5 Å². The first kappa shape index (κ1) is 34.7. The molecule has 0 spiro atoms. The zero-order valence-electron chi connectivity index (χ0n) is 30.9. The summed E-state index contributed by atoms with van der Waals surface area (Å²) in [6, 6.07) is 40.7. The van der Waals surface area contributed by atoms with E-state index in [0.717, 1.165) is 50.9 Å². The molecule has 0 N–H and O–H groups in total. The third-order valence-corrected chi connectivity index (χ3v) is 12.2. The van der Waals surface area contributed by atoms with E-state index >= 15 is 0 Å². The molecule has 0 aliphatic heterocycles. The fraction of sp³-hybridized carbons (Fsp3) is 0.292. The molecule has 263 valence electrons. The number of hydrogen-bond donors (Lipinski definition) is 0. The van der Waals surface area contributed by atoms with E-state index in [-0.39, 0.29) is 30.9 Å². The Hall–Kier alpha value is -4.37. The van der Waals surface area contributed by atoms with Crippen molar-refractivity contribution in [2.45, 2.75) is 88.9 Å². The quantitative estimate of drug-likeness (QED) is 0.166. The van der Waals surface area contributed by atoms with Crippen molar-refractivity contribution in [2.24, 2.45) is 0 Å². The largest absolute Gasteiger partial charge is 0.457 e. The van der Waals surface area contributed by atoms with Crippen LogP contribution in [-0.2, 0) is 41.8 Å². The minimum Gasteiger partial charge on any atom is -0.457 e. The molecule has 3 aromatic heterocycles. The number of pyridine rings is 2. The topological polar surface area (TPSA) is 38.9 Å². The molecular weight excluding hydrogens is 813 g/mol. The average molecular weight is 857 g/mol. The Morgan fingerprint density at radius 1 is 0.558 bits per heavy atom. The summed E-state index contributed by atoms with van der Waals surface area (Å²) < 4.78 is 6.04. The third kappa shape index (κ3) is 5.67. The molecule has 0 amide bonds. The van der Waals surface area contributed by atoms with Gasteiger partial charge in [-0.3, -0.25) is 0 Å². The van der Waals surface area contributed by atoms with E-state index in [1.54, 1.807) is 0 Å². The van der Waals surface area contributed by atoms with E-state index in [4.69, 9.17) is 14.4 Å². The van der Waals surface area contributed by atoms with Crippen LogP contribution < -0.4 is 0 Å². The number of fused-ring (bicyclic) bond motifs is 9. The molecule has 4 aromatic carbocycles. The van der Waals surface area contributed by atoms with Gasteiger partial charge in [0.1, 0.15) is 11.2 Å². The molecule has 3 heterocycles. The Bertz CT molecular complexity index is 2480. The number of nitrogens with zero attached hydrogens (tertiary/aromatic N) is 2. The van der Waals surface area contributed by atoms with Crippen LogP contribution in [0, 0.1) is 12.1 Å². The van der Waals surface area contributed by atoms with Crippen molar-refractivity contribution in [1.82, 2.24) is 9.97 Å². The molecule has 1 radical (unpaired) electrons. The van der Waals surface area contributed by atoms with Crippen LogP contribution in [0.3, 0.4) is 0 Å². The molecule has 7 aromatic rings. The molecule has 1 saturated carbocycles. The molecule has 10 rings (SSSR count). The van der Waals surface area contributed by atoms with Gasteiger partial charge in [0, 0.05) is 43.3 Å². The number of rotatable bonds is 3. The van der Waals surface area contributed by atoms with Gasteiger partial charge in [-0.1, -0.05) is 103 Å². The number of hydrogen-bond acceptors (Lipinski definition) is 3. The van der Waals surface area contributed by atoms with Crippen LogP contribution in [0.15, 0.2) is 114 Å². The fourth-order valence-electron chi connectivity index (χ4n) is 9.88. The molecule has 2 unspecified atom stereocenters. The molecule has 4 heteroatoms. The zero-order chi connectivity index (χ0) is 35.2. The van der Waals surface area contributed by atoms with E-state index < -0.39 is 0 Å². The Kier molecular flexibility index (Phi) is 8.25. The van der Waals surface area contributed by atoms with Crippen LogP contribution in [0.1, 0.15) is 89.5 Å². The first-order chi connectivity index (χ1) is 24.4. The summed E-state index contributed by atoms with van der Waals surface area (Å²) in [6.45, 7) is 14.2. The van der Waals surface area contributed by atoms with E-state index in [9.17, 15) is 0 Å². The minimum absolute atomic E-state index is 0. The molecule has 2 atom stereocenters. The first-order valence-corrected chi connectivity index (χ1v) is 18.4. The van der Waals surface area contributed by atoms with Gasteiger partial charge in [-0.15, -0.1) is 70.3 Å². The molecule has 2 bridgehead atoms. The number of benzene rings is 4. The van der Waals surface area contributed by atoms with Crippen LogP contribution in [0.25, 0.3) is 55.6 Å². The SMILES string of the molecule is CC1(C)CC(C)(C)c2cc(-c3[c-]ccc(-c4ccccc4)c3)ncc21.CC12CCC(C)(C1)c1cc(-c3cc4oc5ccccc5c4cn3)[c-]cc12.[Ir]. The smallest absolute Gasteiger partial charge is 0.135 e. The summed E-state index contributed by atoms with van der Waals surface area (Å²) in [5, 5.41) is 2.20. The number of para-hydroxylation sites is 1. The minimum atomic E-state index is 0. The maximum atomic E-state index is 6.04. The number of furan rings is 1. The second-order valence-electron chi connectivity index (χ2n) is 17.1. The van der Waals surface area contributed by atoms with Crippen molar-refractivity contribution in [3.05, 3.63) is 144 Å².